The number of hydrogen-bond acceptors (Lipinski definition) is 4. The first kappa shape index (κ1) is 15.4. The second-order valence-corrected chi connectivity index (χ2v) is 6.97. The van der Waals surface area contributed by atoms with Gasteiger partial charge in [-0.05, 0) is 24.8 Å². The molecule has 24 heavy (non-hydrogen) atoms. The summed E-state index contributed by atoms with van der Waals surface area (Å²) in [5.41, 5.74) is 1.76. The molecule has 5 heteroatoms. The van der Waals surface area contributed by atoms with Crippen molar-refractivity contribution < 1.29 is 9.32 Å². The molecule has 1 amide bonds. The predicted octanol–water partition coefficient (Wildman–Crippen LogP) is 2.90. The Morgan fingerprint density at radius 3 is 2.83 bits per heavy atom. The largest absolute Gasteiger partial charge is 0.360 e. The Balaban J connectivity index is 1.36. The van der Waals surface area contributed by atoms with Gasteiger partial charge in [0.05, 0.1) is 0 Å². The van der Waals surface area contributed by atoms with Crippen LogP contribution in [0.1, 0.15) is 47.0 Å². The Bertz CT molecular complexity index is 708. The molecule has 2 fully saturated rings. The minimum absolute atomic E-state index is 0.0304. The van der Waals surface area contributed by atoms with Gasteiger partial charge in [-0.2, -0.15) is 0 Å². The van der Waals surface area contributed by atoms with Gasteiger partial charge < -0.3 is 9.42 Å². The molecule has 1 aliphatic heterocycles. The molecule has 0 spiro atoms. The fourth-order valence-electron chi connectivity index (χ4n) is 3.41. The molecule has 1 saturated heterocycles. The predicted molar refractivity (Wildman–Crippen MR) is 90.7 cm³/mol. The van der Waals surface area contributed by atoms with Crippen LogP contribution in [-0.4, -0.2) is 47.0 Å². The SMILES string of the molecule is CN(C(=O)c1cc(C2CC2)on1)C1CCN(Cc2ccccc2)C1. The summed E-state index contributed by atoms with van der Waals surface area (Å²) in [6, 6.07) is 12.5. The topological polar surface area (TPSA) is 49.6 Å². The van der Waals surface area contributed by atoms with Crippen molar-refractivity contribution >= 4 is 5.91 Å². The van der Waals surface area contributed by atoms with Gasteiger partial charge in [0.1, 0.15) is 5.76 Å². The maximum Gasteiger partial charge on any atom is 0.276 e. The third-order valence-electron chi connectivity index (χ3n) is 5.09. The van der Waals surface area contributed by atoms with Crippen molar-refractivity contribution in [3.63, 3.8) is 0 Å². The number of nitrogens with zero attached hydrogens (tertiary/aromatic N) is 3. The molecule has 1 aromatic carbocycles. The molecule has 5 nitrogen and oxygen atoms in total. The highest BCUT2D eigenvalue weighted by Crippen LogP contribution is 2.40. The summed E-state index contributed by atoms with van der Waals surface area (Å²) in [5, 5.41) is 3.98. The van der Waals surface area contributed by atoms with Crippen LogP contribution in [-0.2, 0) is 6.54 Å². The van der Waals surface area contributed by atoms with Crippen LogP contribution >= 0.6 is 0 Å². The number of hydrogen-bond donors (Lipinski definition) is 0. The summed E-state index contributed by atoms with van der Waals surface area (Å²) in [6.45, 7) is 2.86. The van der Waals surface area contributed by atoms with Crippen molar-refractivity contribution in [2.45, 2.75) is 37.8 Å². The molecule has 2 aliphatic rings. The Morgan fingerprint density at radius 2 is 2.08 bits per heavy atom. The van der Waals surface area contributed by atoms with E-state index < -0.39 is 0 Å². The Labute approximate surface area is 142 Å². The van der Waals surface area contributed by atoms with E-state index in [1.165, 1.54) is 5.56 Å². The number of amides is 1. The Kier molecular flexibility index (Phi) is 4.10. The number of likely N-dealkylation sites (tertiary alicyclic amines) is 1. The Hall–Kier alpha value is -2.14. The maximum atomic E-state index is 12.6. The van der Waals surface area contributed by atoms with Crippen molar-refractivity contribution in [3.05, 3.63) is 53.4 Å². The third-order valence-corrected chi connectivity index (χ3v) is 5.09. The van der Waals surface area contributed by atoms with Gasteiger partial charge in [0.25, 0.3) is 5.91 Å². The van der Waals surface area contributed by atoms with Gasteiger partial charge in [-0.25, -0.2) is 0 Å². The fraction of sp³-hybridized carbons (Fsp3) is 0.474. The van der Waals surface area contributed by atoms with E-state index in [0.29, 0.717) is 11.6 Å². The molecule has 2 aromatic rings. The summed E-state index contributed by atoms with van der Waals surface area (Å²) in [5.74, 6) is 1.32. The molecule has 1 unspecified atom stereocenters. The standard InChI is InChI=1S/C19H23N3O2/c1-21(19(23)17-11-18(24-20-17)15-7-8-15)16-9-10-22(13-16)12-14-5-3-2-4-6-14/h2-6,11,15-16H,7-10,12-13H2,1H3. The van der Waals surface area contributed by atoms with Crippen LogP contribution in [0, 0.1) is 0 Å². The molecule has 1 aliphatic carbocycles. The zero-order valence-corrected chi connectivity index (χ0v) is 14.0. The summed E-state index contributed by atoms with van der Waals surface area (Å²) in [7, 11) is 1.88. The highest BCUT2D eigenvalue weighted by molar-refractivity contribution is 5.92. The molecule has 4 rings (SSSR count). The molecule has 0 bridgehead atoms. The van der Waals surface area contributed by atoms with Crippen molar-refractivity contribution in [2.24, 2.45) is 0 Å². The van der Waals surface area contributed by atoms with Crippen molar-refractivity contribution in [3.8, 4) is 0 Å². The molecular formula is C19H23N3O2. The van der Waals surface area contributed by atoms with E-state index in [4.69, 9.17) is 4.52 Å². The first-order valence-corrected chi connectivity index (χ1v) is 8.71. The molecule has 0 radical (unpaired) electrons. The van der Waals surface area contributed by atoms with E-state index in [9.17, 15) is 4.79 Å². The van der Waals surface area contributed by atoms with Crippen LogP contribution in [0.15, 0.2) is 40.9 Å². The normalized spacial score (nSPS) is 21.1. The second kappa shape index (κ2) is 6.40. The smallest absolute Gasteiger partial charge is 0.276 e. The van der Waals surface area contributed by atoms with Crippen LogP contribution in [0.2, 0.25) is 0 Å². The van der Waals surface area contributed by atoms with Crippen LogP contribution in [0.4, 0.5) is 0 Å². The van der Waals surface area contributed by atoms with Gasteiger partial charge >= 0.3 is 0 Å². The Morgan fingerprint density at radius 1 is 1.29 bits per heavy atom. The van der Waals surface area contributed by atoms with E-state index >= 15 is 0 Å². The molecule has 2 heterocycles. The summed E-state index contributed by atoms with van der Waals surface area (Å²) in [4.78, 5) is 16.9. The zero-order chi connectivity index (χ0) is 16.5. The minimum atomic E-state index is -0.0304. The van der Waals surface area contributed by atoms with Crippen LogP contribution in [0.5, 0.6) is 0 Å². The highest BCUT2D eigenvalue weighted by atomic mass is 16.5. The number of likely N-dealkylation sites (N-methyl/N-ethyl adjacent to an activating group) is 1. The first-order chi connectivity index (χ1) is 11.7. The average molecular weight is 325 g/mol. The van der Waals surface area contributed by atoms with E-state index in [0.717, 1.165) is 44.7 Å². The van der Waals surface area contributed by atoms with Gasteiger partial charge in [-0.15, -0.1) is 0 Å². The van der Waals surface area contributed by atoms with Gasteiger partial charge in [0.2, 0.25) is 0 Å². The molecular weight excluding hydrogens is 302 g/mol. The highest BCUT2D eigenvalue weighted by Gasteiger charge is 2.32. The summed E-state index contributed by atoms with van der Waals surface area (Å²) in [6.07, 6.45) is 3.30. The average Bonchev–Trinajstić information content (AvgIpc) is 3.16. The molecule has 1 aromatic heterocycles. The van der Waals surface area contributed by atoms with Crippen molar-refractivity contribution in [1.29, 1.82) is 0 Å². The summed E-state index contributed by atoms with van der Waals surface area (Å²) < 4.78 is 5.31. The second-order valence-electron chi connectivity index (χ2n) is 6.97. The number of rotatable bonds is 5. The number of carbonyl (C=O) groups excluding carboxylic acids is 1. The van der Waals surface area contributed by atoms with Gasteiger partial charge in [0.15, 0.2) is 5.69 Å². The minimum Gasteiger partial charge on any atom is -0.360 e. The molecule has 126 valence electrons. The molecule has 1 atom stereocenters. The van der Waals surface area contributed by atoms with E-state index in [1.807, 2.05) is 24.1 Å². The fourth-order valence-corrected chi connectivity index (χ4v) is 3.41. The zero-order valence-electron chi connectivity index (χ0n) is 14.0. The van der Waals surface area contributed by atoms with E-state index in [-0.39, 0.29) is 11.9 Å². The summed E-state index contributed by atoms with van der Waals surface area (Å²) >= 11 is 0. The van der Waals surface area contributed by atoms with E-state index in [1.54, 1.807) is 0 Å². The monoisotopic (exact) mass is 325 g/mol. The van der Waals surface area contributed by atoms with Gasteiger partial charge in [0, 0.05) is 44.7 Å². The van der Waals surface area contributed by atoms with Crippen molar-refractivity contribution in [1.82, 2.24) is 15.0 Å². The van der Waals surface area contributed by atoms with Crippen molar-refractivity contribution in [2.75, 3.05) is 20.1 Å². The number of benzene rings is 1. The van der Waals surface area contributed by atoms with E-state index in [2.05, 4.69) is 34.3 Å². The lowest BCUT2D eigenvalue weighted by Crippen LogP contribution is -2.39. The first-order valence-electron chi connectivity index (χ1n) is 8.71. The van der Waals surface area contributed by atoms with Crippen LogP contribution in [0.25, 0.3) is 0 Å². The van der Waals surface area contributed by atoms with Crippen LogP contribution in [0.3, 0.4) is 0 Å². The lowest BCUT2D eigenvalue weighted by molar-refractivity contribution is 0.0724. The quantitative estimate of drug-likeness (QED) is 0.848. The maximum absolute atomic E-state index is 12.6. The molecule has 0 N–H and O–H groups in total. The lowest BCUT2D eigenvalue weighted by atomic mass is 10.2. The number of carbonyl (C=O) groups is 1. The lowest BCUT2D eigenvalue weighted by Gasteiger charge is -2.24. The third kappa shape index (κ3) is 3.22. The number of aromatic nitrogens is 1. The van der Waals surface area contributed by atoms with Crippen LogP contribution < -0.4 is 0 Å². The van der Waals surface area contributed by atoms with Gasteiger partial charge in [-0.3, -0.25) is 9.69 Å². The van der Waals surface area contributed by atoms with Gasteiger partial charge in [-0.1, -0.05) is 35.5 Å². The molecule has 1 saturated carbocycles.